The van der Waals surface area contributed by atoms with E-state index < -0.39 is 0 Å². The van der Waals surface area contributed by atoms with Crippen molar-refractivity contribution in [3.05, 3.63) is 33.8 Å². The number of amides is 1. The monoisotopic (exact) mass is 243 g/mol. The fourth-order valence-electron chi connectivity index (χ4n) is 1.15. The number of carbonyl (C=O) groups excluding carboxylic acids is 1. The van der Waals surface area contributed by atoms with Crippen molar-refractivity contribution in [3.63, 3.8) is 0 Å². The van der Waals surface area contributed by atoms with Gasteiger partial charge < -0.3 is 5.32 Å². The minimum absolute atomic E-state index is 0.116. The molecule has 0 heterocycles. The Kier molecular flexibility index (Phi) is 4.18. The van der Waals surface area contributed by atoms with E-state index in [-0.39, 0.29) is 5.91 Å². The second-order valence-corrected chi connectivity index (χ2v) is 4.15. The predicted octanol–water partition coefficient (Wildman–Crippen LogP) is 3.90. The van der Waals surface area contributed by atoms with Crippen LogP contribution in [0.25, 0.3) is 6.08 Å². The minimum atomic E-state index is -0.116. The van der Waals surface area contributed by atoms with Gasteiger partial charge in [0.25, 0.3) is 0 Å². The number of benzene rings is 1. The smallest absolute Gasteiger partial charge is 0.221 e. The number of hydrogen-bond acceptors (Lipinski definition) is 1. The molecular weight excluding hydrogens is 233 g/mol. The summed E-state index contributed by atoms with van der Waals surface area (Å²) in [5.74, 6) is -0.116. The lowest BCUT2D eigenvalue weighted by atomic mass is 10.2. The van der Waals surface area contributed by atoms with Gasteiger partial charge in [-0.3, -0.25) is 4.79 Å². The van der Waals surface area contributed by atoms with E-state index in [1.165, 1.54) is 6.92 Å². The average molecular weight is 244 g/mol. The lowest BCUT2D eigenvalue weighted by Crippen LogP contribution is -2.05. The molecule has 1 aromatic carbocycles. The third kappa shape index (κ3) is 3.94. The van der Waals surface area contributed by atoms with Crippen LogP contribution in [0.5, 0.6) is 0 Å². The molecule has 15 heavy (non-hydrogen) atoms. The molecule has 0 aliphatic heterocycles. The van der Waals surface area contributed by atoms with Crippen molar-refractivity contribution in [2.24, 2.45) is 0 Å². The maximum atomic E-state index is 10.8. The second-order valence-electron chi connectivity index (χ2n) is 3.15. The van der Waals surface area contributed by atoms with E-state index >= 15 is 0 Å². The normalized spacial score (nSPS) is 11.3. The summed E-state index contributed by atoms with van der Waals surface area (Å²) in [7, 11) is 0. The first kappa shape index (κ1) is 12.1. The third-order valence-electron chi connectivity index (χ3n) is 1.67. The Morgan fingerprint density at radius 2 is 2.07 bits per heavy atom. The van der Waals surface area contributed by atoms with E-state index in [1.54, 1.807) is 31.2 Å². The zero-order valence-corrected chi connectivity index (χ0v) is 9.99. The lowest BCUT2D eigenvalue weighted by Gasteiger charge is -2.05. The molecule has 1 N–H and O–H groups in total. The van der Waals surface area contributed by atoms with Crippen LogP contribution in [0.4, 0.5) is 5.69 Å². The van der Waals surface area contributed by atoms with E-state index in [9.17, 15) is 4.79 Å². The molecule has 0 aliphatic rings. The molecule has 0 aliphatic carbocycles. The highest BCUT2D eigenvalue weighted by Gasteiger charge is 2.01. The van der Waals surface area contributed by atoms with Gasteiger partial charge in [-0.1, -0.05) is 23.2 Å². The van der Waals surface area contributed by atoms with E-state index in [0.29, 0.717) is 15.7 Å². The van der Waals surface area contributed by atoms with E-state index in [4.69, 9.17) is 23.2 Å². The molecule has 0 spiro atoms. The van der Waals surface area contributed by atoms with Gasteiger partial charge in [0.15, 0.2) is 0 Å². The van der Waals surface area contributed by atoms with Crippen molar-refractivity contribution in [1.82, 2.24) is 0 Å². The number of carbonyl (C=O) groups is 1. The summed E-state index contributed by atoms with van der Waals surface area (Å²) < 4.78 is 0. The van der Waals surface area contributed by atoms with Gasteiger partial charge >= 0.3 is 0 Å². The molecule has 2 nitrogen and oxygen atoms in total. The Morgan fingerprint density at radius 3 is 2.60 bits per heavy atom. The van der Waals surface area contributed by atoms with Crippen molar-refractivity contribution >= 4 is 40.9 Å². The molecule has 4 heteroatoms. The topological polar surface area (TPSA) is 29.1 Å². The van der Waals surface area contributed by atoms with Gasteiger partial charge in [-0.15, -0.1) is 0 Å². The summed E-state index contributed by atoms with van der Waals surface area (Å²) in [5.41, 5.74) is 1.49. The van der Waals surface area contributed by atoms with Crippen molar-refractivity contribution in [3.8, 4) is 0 Å². The first-order valence-corrected chi connectivity index (χ1v) is 5.15. The summed E-state index contributed by atoms with van der Waals surface area (Å²) in [6.07, 6.45) is 1.75. The highest BCUT2D eigenvalue weighted by Crippen LogP contribution is 2.23. The van der Waals surface area contributed by atoms with Gasteiger partial charge in [-0.05, 0) is 36.8 Å². The molecule has 0 unspecified atom stereocenters. The Bertz CT molecular complexity index is 409. The van der Waals surface area contributed by atoms with Crippen LogP contribution in [-0.4, -0.2) is 5.91 Å². The Morgan fingerprint density at radius 1 is 1.40 bits per heavy atom. The van der Waals surface area contributed by atoms with Crippen molar-refractivity contribution in [1.29, 1.82) is 0 Å². The van der Waals surface area contributed by atoms with Crippen molar-refractivity contribution in [2.45, 2.75) is 13.8 Å². The van der Waals surface area contributed by atoms with Gasteiger partial charge in [0.05, 0.1) is 0 Å². The van der Waals surface area contributed by atoms with Gasteiger partial charge in [-0.25, -0.2) is 0 Å². The number of halogens is 2. The lowest BCUT2D eigenvalue weighted by molar-refractivity contribution is -0.114. The van der Waals surface area contributed by atoms with Gasteiger partial charge in [0.2, 0.25) is 5.91 Å². The molecule has 0 atom stereocenters. The van der Waals surface area contributed by atoms with Crippen LogP contribution in [0.2, 0.25) is 5.02 Å². The largest absolute Gasteiger partial charge is 0.326 e. The predicted molar refractivity (Wildman–Crippen MR) is 65.3 cm³/mol. The Labute approximate surface area is 98.9 Å². The summed E-state index contributed by atoms with van der Waals surface area (Å²) in [4.78, 5) is 10.8. The van der Waals surface area contributed by atoms with E-state index in [2.05, 4.69) is 5.32 Å². The van der Waals surface area contributed by atoms with Gasteiger partial charge in [0, 0.05) is 22.7 Å². The fourth-order valence-corrected chi connectivity index (χ4v) is 1.44. The SMILES string of the molecule is CC(=O)Nc1ccc(Cl)c(/C=C(\C)Cl)c1. The van der Waals surface area contributed by atoms with E-state index in [1.807, 2.05) is 0 Å². The minimum Gasteiger partial charge on any atom is -0.326 e. The quantitative estimate of drug-likeness (QED) is 0.839. The number of nitrogens with one attached hydrogen (secondary N) is 1. The Balaban J connectivity index is 3.05. The van der Waals surface area contributed by atoms with Crippen LogP contribution in [-0.2, 0) is 4.79 Å². The van der Waals surface area contributed by atoms with Crippen LogP contribution in [0.1, 0.15) is 19.4 Å². The van der Waals surface area contributed by atoms with Crippen LogP contribution >= 0.6 is 23.2 Å². The summed E-state index contributed by atoms with van der Waals surface area (Å²) in [6.45, 7) is 3.22. The average Bonchev–Trinajstić information content (AvgIpc) is 2.09. The first-order chi connectivity index (χ1) is 6.99. The molecule has 1 rings (SSSR count). The van der Waals surface area contributed by atoms with Crippen LogP contribution in [0.15, 0.2) is 23.2 Å². The highest BCUT2D eigenvalue weighted by molar-refractivity contribution is 6.34. The van der Waals surface area contributed by atoms with Crippen molar-refractivity contribution in [2.75, 3.05) is 5.32 Å². The molecule has 0 fully saturated rings. The zero-order chi connectivity index (χ0) is 11.4. The molecule has 1 aromatic rings. The maximum absolute atomic E-state index is 10.8. The molecule has 0 radical (unpaired) electrons. The molecule has 0 saturated carbocycles. The standard InChI is InChI=1S/C11H11Cl2NO/c1-7(12)5-9-6-10(14-8(2)15)3-4-11(9)13/h3-6H,1-2H3,(H,14,15)/b7-5+. The zero-order valence-electron chi connectivity index (χ0n) is 8.47. The van der Waals surface area contributed by atoms with Gasteiger partial charge in [0.1, 0.15) is 0 Å². The number of allylic oxidation sites excluding steroid dienone is 1. The highest BCUT2D eigenvalue weighted by atomic mass is 35.5. The Hall–Kier alpha value is -0.990. The fraction of sp³-hybridized carbons (Fsp3) is 0.182. The molecular formula is C11H11Cl2NO. The summed E-state index contributed by atoms with van der Waals surface area (Å²) in [5, 5.41) is 3.91. The van der Waals surface area contributed by atoms with Crippen LogP contribution < -0.4 is 5.32 Å². The van der Waals surface area contributed by atoms with Crippen LogP contribution in [0, 0.1) is 0 Å². The number of hydrogen-bond donors (Lipinski definition) is 1. The van der Waals surface area contributed by atoms with E-state index in [0.717, 1.165) is 5.56 Å². The molecule has 1 amide bonds. The van der Waals surface area contributed by atoms with Crippen molar-refractivity contribution < 1.29 is 4.79 Å². The van der Waals surface area contributed by atoms with Crippen LogP contribution in [0.3, 0.4) is 0 Å². The number of rotatable bonds is 2. The third-order valence-corrected chi connectivity index (χ3v) is 2.12. The first-order valence-electron chi connectivity index (χ1n) is 4.40. The second kappa shape index (κ2) is 5.19. The summed E-state index contributed by atoms with van der Waals surface area (Å²) in [6, 6.07) is 5.23. The van der Waals surface area contributed by atoms with Gasteiger partial charge in [-0.2, -0.15) is 0 Å². The molecule has 0 saturated heterocycles. The molecule has 80 valence electrons. The summed E-state index contributed by atoms with van der Waals surface area (Å²) >= 11 is 11.7. The number of anilines is 1. The molecule has 0 bridgehead atoms. The maximum Gasteiger partial charge on any atom is 0.221 e. The molecule has 0 aromatic heterocycles.